The maximum Gasteiger partial charge on any atom is 0.257 e. The second kappa shape index (κ2) is 9.60. The van der Waals surface area contributed by atoms with Gasteiger partial charge in [-0.25, -0.2) is 0 Å². The van der Waals surface area contributed by atoms with Crippen molar-refractivity contribution >= 4 is 11.8 Å². The van der Waals surface area contributed by atoms with Gasteiger partial charge in [0.05, 0.1) is 31.5 Å². The second-order valence-corrected chi connectivity index (χ2v) is 7.64. The Morgan fingerprint density at radius 2 is 1.79 bits per heavy atom. The van der Waals surface area contributed by atoms with E-state index in [1.54, 1.807) is 18.1 Å². The molecule has 2 aromatic rings. The topological polar surface area (TPSA) is 75.0 Å². The second-order valence-electron chi connectivity index (χ2n) is 7.64. The molecular formula is C22H29N3O4. The van der Waals surface area contributed by atoms with Crippen LogP contribution in [0.4, 0.5) is 0 Å². The standard InChI is InChI=1S/C22H29N3O4/c1-16(2)21(17-4-6-19(28-3)7-5-17)23-20(26)14-24-9-11-25(12-10-24)22(27)18-8-13-29-15-18/h4-8,13,15-16,21H,9-12,14H2,1-3H3,(H,23,26). The van der Waals surface area contributed by atoms with Gasteiger partial charge in [-0.15, -0.1) is 0 Å². The molecule has 7 nitrogen and oxygen atoms in total. The molecule has 1 aromatic heterocycles. The first kappa shape index (κ1) is 20.9. The first-order valence-electron chi connectivity index (χ1n) is 9.95. The number of furan rings is 1. The van der Waals surface area contributed by atoms with Crippen molar-refractivity contribution in [2.75, 3.05) is 39.8 Å². The highest BCUT2D eigenvalue weighted by atomic mass is 16.5. The van der Waals surface area contributed by atoms with Crippen LogP contribution < -0.4 is 10.1 Å². The molecular weight excluding hydrogens is 370 g/mol. The number of carbonyl (C=O) groups is 2. The average Bonchev–Trinajstić information content (AvgIpc) is 3.27. The third-order valence-corrected chi connectivity index (χ3v) is 5.25. The van der Waals surface area contributed by atoms with Gasteiger partial charge in [0, 0.05) is 26.2 Å². The Labute approximate surface area is 171 Å². The molecule has 1 aliphatic rings. The Hall–Kier alpha value is -2.80. The number of nitrogens with zero attached hydrogens (tertiary/aromatic N) is 2. The summed E-state index contributed by atoms with van der Waals surface area (Å²) in [5, 5.41) is 3.16. The van der Waals surface area contributed by atoms with Crippen molar-refractivity contribution in [3.05, 3.63) is 54.0 Å². The molecule has 1 aliphatic heterocycles. The molecule has 1 saturated heterocycles. The predicted molar refractivity (Wildman–Crippen MR) is 110 cm³/mol. The smallest absolute Gasteiger partial charge is 0.257 e. The SMILES string of the molecule is COc1ccc(C(NC(=O)CN2CCN(C(=O)c3ccoc3)CC2)C(C)C)cc1. The van der Waals surface area contributed by atoms with Crippen LogP contribution in [0, 0.1) is 5.92 Å². The van der Waals surface area contributed by atoms with Crippen LogP contribution in [-0.4, -0.2) is 61.4 Å². The number of nitrogens with one attached hydrogen (secondary N) is 1. The third kappa shape index (κ3) is 5.38. The van der Waals surface area contributed by atoms with Crippen LogP contribution in [0.25, 0.3) is 0 Å². The van der Waals surface area contributed by atoms with Crippen LogP contribution in [0.2, 0.25) is 0 Å². The van der Waals surface area contributed by atoms with Crippen LogP contribution in [0.5, 0.6) is 5.75 Å². The summed E-state index contributed by atoms with van der Waals surface area (Å²) in [6, 6.07) is 9.42. The van der Waals surface area contributed by atoms with Gasteiger partial charge in [-0.3, -0.25) is 14.5 Å². The molecule has 2 amide bonds. The summed E-state index contributed by atoms with van der Waals surface area (Å²) in [5.41, 5.74) is 1.63. The minimum Gasteiger partial charge on any atom is -0.497 e. The number of methoxy groups -OCH3 is 1. The summed E-state index contributed by atoms with van der Waals surface area (Å²) < 4.78 is 10.2. The summed E-state index contributed by atoms with van der Waals surface area (Å²) in [6.07, 6.45) is 2.97. The summed E-state index contributed by atoms with van der Waals surface area (Å²) in [4.78, 5) is 28.9. The van der Waals surface area contributed by atoms with Crippen molar-refractivity contribution < 1.29 is 18.7 Å². The number of ether oxygens (including phenoxy) is 1. The van der Waals surface area contributed by atoms with Crippen LogP contribution in [-0.2, 0) is 4.79 Å². The third-order valence-electron chi connectivity index (χ3n) is 5.25. The van der Waals surface area contributed by atoms with E-state index < -0.39 is 0 Å². The maximum absolute atomic E-state index is 12.7. The quantitative estimate of drug-likeness (QED) is 0.775. The molecule has 1 unspecified atom stereocenters. The lowest BCUT2D eigenvalue weighted by atomic mass is 9.96. The van der Waals surface area contributed by atoms with Crippen LogP contribution in [0.3, 0.4) is 0 Å². The minimum atomic E-state index is -0.0580. The summed E-state index contributed by atoms with van der Waals surface area (Å²) in [5.74, 6) is 1.03. The first-order valence-corrected chi connectivity index (χ1v) is 9.95. The molecule has 2 heterocycles. The van der Waals surface area contributed by atoms with Crippen LogP contribution in [0.15, 0.2) is 47.3 Å². The van der Waals surface area contributed by atoms with Crippen molar-refractivity contribution in [1.29, 1.82) is 0 Å². The zero-order chi connectivity index (χ0) is 20.8. The van der Waals surface area contributed by atoms with Crippen molar-refractivity contribution in [1.82, 2.24) is 15.1 Å². The van der Waals surface area contributed by atoms with Crippen molar-refractivity contribution in [3.63, 3.8) is 0 Å². The van der Waals surface area contributed by atoms with Crippen molar-refractivity contribution in [2.24, 2.45) is 5.92 Å². The van der Waals surface area contributed by atoms with Gasteiger partial charge in [0.25, 0.3) is 5.91 Å². The summed E-state index contributed by atoms with van der Waals surface area (Å²) in [6.45, 7) is 7.06. The van der Waals surface area contributed by atoms with E-state index >= 15 is 0 Å². The molecule has 1 aromatic carbocycles. The van der Waals surface area contributed by atoms with Gasteiger partial charge >= 0.3 is 0 Å². The van der Waals surface area contributed by atoms with E-state index in [0.717, 1.165) is 11.3 Å². The normalized spacial score (nSPS) is 15.9. The Morgan fingerprint density at radius 1 is 1.10 bits per heavy atom. The molecule has 0 bridgehead atoms. The highest BCUT2D eigenvalue weighted by molar-refractivity contribution is 5.93. The van der Waals surface area contributed by atoms with E-state index in [9.17, 15) is 9.59 Å². The fourth-order valence-electron chi connectivity index (χ4n) is 3.55. The summed E-state index contributed by atoms with van der Waals surface area (Å²) in [7, 11) is 1.64. The van der Waals surface area contributed by atoms with Crippen LogP contribution >= 0.6 is 0 Å². The molecule has 0 spiro atoms. The number of hydrogen-bond donors (Lipinski definition) is 1. The highest BCUT2D eigenvalue weighted by Crippen LogP contribution is 2.24. The molecule has 0 saturated carbocycles. The highest BCUT2D eigenvalue weighted by Gasteiger charge is 2.25. The molecule has 7 heteroatoms. The van der Waals surface area contributed by atoms with Crippen LogP contribution in [0.1, 0.15) is 35.8 Å². The molecule has 1 fully saturated rings. The minimum absolute atomic E-state index is 0.00544. The number of benzene rings is 1. The van der Waals surface area contributed by atoms with Gasteiger partial charge in [-0.2, -0.15) is 0 Å². The lowest BCUT2D eigenvalue weighted by Crippen LogP contribution is -2.51. The Bertz CT molecular complexity index is 794. The largest absolute Gasteiger partial charge is 0.497 e. The van der Waals surface area contributed by atoms with Gasteiger partial charge in [-0.05, 0) is 29.7 Å². The maximum atomic E-state index is 12.7. The Morgan fingerprint density at radius 3 is 2.34 bits per heavy atom. The number of piperazine rings is 1. The van der Waals surface area contributed by atoms with Gasteiger partial charge in [-0.1, -0.05) is 26.0 Å². The fourth-order valence-corrected chi connectivity index (χ4v) is 3.55. The molecule has 29 heavy (non-hydrogen) atoms. The lowest BCUT2D eigenvalue weighted by Gasteiger charge is -2.34. The van der Waals surface area contributed by atoms with Crippen molar-refractivity contribution in [2.45, 2.75) is 19.9 Å². The number of rotatable bonds is 7. The zero-order valence-corrected chi connectivity index (χ0v) is 17.3. The van der Waals surface area contributed by atoms with Gasteiger partial charge in [0.1, 0.15) is 12.0 Å². The van der Waals surface area contributed by atoms with E-state index in [1.807, 2.05) is 24.3 Å². The molecule has 156 valence electrons. The fraction of sp³-hybridized carbons (Fsp3) is 0.455. The van der Waals surface area contributed by atoms with E-state index in [0.29, 0.717) is 38.3 Å². The van der Waals surface area contributed by atoms with Crippen molar-refractivity contribution in [3.8, 4) is 5.75 Å². The first-order chi connectivity index (χ1) is 14.0. The molecule has 3 rings (SSSR count). The Kier molecular flexibility index (Phi) is 6.93. The molecule has 1 N–H and O–H groups in total. The zero-order valence-electron chi connectivity index (χ0n) is 17.3. The summed E-state index contributed by atoms with van der Waals surface area (Å²) >= 11 is 0. The van der Waals surface area contributed by atoms with E-state index in [2.05, 4.69) is 24.1 Å². The van der Waals surface area contributed by atoms with E-state index in [-0.39, 0.29) is 23.8 Å². The lowest BCUT2D eigenvalue weighted by molar-refractivity contribution is -0.123. The van der Waals surface area contributed by atoms with E-state index in [1.165, 1.54) is 12.5 Å². The number of carbonyl (C=O) groups excluding carboxylic acids is 2. The molecule has 0 radical (unpaired) electrons. The van der Waals surface area contributed by atoms with Gasteiger partial charge in [0.15, 0.2) is 0 Å². The van der Waals surface area contributed by atoms with E-state index in [4.69, 9.17) is 9.15 Å². The average molecular weight is 399 g/mol. The Balaban J connectivity index is 1.51. The van der Waals surface area contributed by atoms with Gasteiger partial charge < -0.3 is 19.4 Å². The number of hydrogen-bond acceptors (Lipinski definition) is 5. The molecule has 1 atom stereocenters. The molecule has 0 aliphatic carbocycles. The monoisotopic (exact) mass is 399 g/mol. The number of amides is 2. The van der Waals surface area contributed by atoms with Gasteiger partial charge in [0.2, 0.25) is 5.91 Å². The predicted octanol–water partition coefficient (Wildman–Crippen LogP) is 2.56.